The molecule has 0 aromatic carbocycles. The topological polar surface area (TPSA) is 239 Å². The van der Waals surface area contributed by atoms with Gasteiger partial charge in [-0.15, -0.1) is 0 Å². The third-order valence-electron chi connectivity index (χ3n) is 3.92. The largest absolute Gasteiger partial charge is 0.550 e. The van der Waals surface area contributed by atoms with Gasteiger partial charge in [-0.25, -0.2) is 4.79 Å². The molecular weight excluding hydrogens is 474 g/mol. The maximum Gasteiger partial charge on any atom is 0.349 e. The molecule has 14 heteroatoms. The summed E-state index contributed by atoms with van der Waals surface area (Å²) in [5.74, 6) is -7.10. The molecule has 0 heterocycles. The number of aliphatic hydroxyl groups excluding tert-OH is 3. The predicted octanol–water partition coefficient (Wildman–Crippen LogP) is -1.95. The van der Waals surface area contributed by atoms with Crippen LogP contribution in [-0.2, 0) is 28.7 Å². The van der Waals surface area contributed by atoms with Crippen LogP contribution < -0.4 is 5.11 Å². The number of aliphatic carboxylic acids is 4. The molecule has 0 radical (unpaired) electrons. The van der Waals surface area contributed by atoms with E-state index in [1.165, 1.54) is 0 Å². The van der Waals surface area contributed by atoms with Gasteiger partial charge in [0, 0.05) is 25.6 Å². The zero-order chi connectivity index (χ0) is 28.1. The number of rotatable bonds is 16. The first-order valence-electron chi connectivity index (χ1n) is 10.8. The average Bonchev–Trinajstić information content (AvgIpc) is 2.67. The van der Waals surface area contributed by atoms with Crippen molar-refractivity contribution in [3.05, 3.63) is 0 Å². The molecule has 0 fully saturated rings. The summed E-state index contributed by atoms with van der Waals surface area (Å²) < 4.78 is 5.43. The van der Waals surface area contributed by atoms with Crippen LogP contribution in [0.2, 0.25) is 0 Å². The van der Waals surface area contributed by atoms with Gasteiger partial charge < -0.3 is 49.8 Å². The van der Waals surface area contributed by atoms with Gasteiger partial charge in [-0.05, 0) is 32.1 Å². The van der Waals surface area contributed by atoms with Gasteiger partial charge in [0.2, 0.25) is 5.60 Å². The Kier molecular flexibility index (Phi) is 21.6. The number of ether oxygens (including phenoxy) is 1. The van der Waals surface area contributed by atoms with E-state index in [0.29, 0.717) is 12.8 Å². The molecule has 35 heavy (non-hydrogen) atoms. The van der Waals surface area contributed by atoms with Gasteiger partial charge >= 0.3 is 23.9 Å². The molecule has 0 unspecified atom stereocenters. The van der Waals surface area contributed by atoms with Crippen molar-refractivity contribution in [3.63, 3.8) is 0 Å². The lowest BCUT2D eigenvalue weighted by Crippen LogP contribution is -2.47. The minimum atomic E-state index is -2.63. The van der Waals surface area contributed by atoms with Gasteiger partial charge in [-0.3, -0.25) is 14.4 Å². The number of aliphatic hydroxyl groups is 3. The lowest BCUT2D eigenvalue weighted by atomic mass is 9.95. The Labute approximate surface area is 204 Å². The molecule has 0 rings (SSSR count). The van der Waals surface area contributed by atoms with Gasteiger partial charge in [0.1, 0.15) is 6.54 Å². The molecule has 0 atom stereocenters. The average molecular weight is 514 g/mol. The van der Waals surface area contributed by atoms with Crippen LogP contribution in [-0.4, -0.2) is 118 Å². The van der Waals surface area contributed by atoms with Crippen molar-refractivity contribution in [1.29, 1.82) is 0 Å². The standard InChI is InChI=1S/C11H16O9.C5H14NO.C5H10O3/c12-4-2-1-3-9(17)20-11(10(18)19,5-7(13)14)6-8(15)16;1-6(2,3)4-5-7;6-4-2-1-3-5(7)8/h12H,1-6H2,(H,13,14)(H,15,16)(H,18,19);7H,4-5H2,1-3H3;6H,1-4H2,(H,7,8)/q;+1;/p-1. The number of unbranched alkanes of at least 4 members (excludes halogenated alkanes) is 2. The van der Waals surface area contributed by atoms with Crippen LogP contribution in [0.3, 0.4) is 0 Å². The van der Waals surface area contributed by atoms with Crippen LogP contribution >= 0.6 is 0 Å². The Morgan fingerprint density at radius 3 is 1.43 bits per heavy atom. The fourth-order valence-corrected chi connectivity index (χ4v) is 2.15. The second kappa shape index (κ2) is 20.6. The molecule has 0 amide bonds. The molecule has 14 nitrogen and oxygen atoms in total. The van der Waals surface area contributed by atoms with Gasteiger partial charge in [-0.2, -0.15) is 0 Å². The molecule has 0 bridgehead atoms. The second-order valence-electron chi connectivity index (χ2n) is 8.39. The van der Waals surface area contributed by atoms with Crippen LogP contribution in [0.15, 0.2) is 0 Å². The first-order valence-corrected chi connectivity index (χ1v) is 10.8. The molecule has 0 spiro atoms. The van der Waals surface area contributed by atoms with Crippen molar-refractivity contribution in [3.8, 4) is 0 Å². The zero-order valence-corrected chi connectivity index (χ0v) is 20.5. The fraction of sp³-hybridized carbons (Fsp3) is 0.762. The summed E-state index contributed by atoms with van der Waals surface area (Å²) in [7, 11) is 6.16. The van der Waals surface area contributed by atoms with E-state index >= 15 is 0 Å². The zero-order valence-electron chi connectivity index (χ0n) is 20.5. The highest BCUT2D eigenvalue weighted by atomic mass is 16.6. The quantitative estimate of drug-likeness (QED) is 0.0748. The number of carboxylic acid groups (broad SMARTS) is 4. The maximum atomic E-state index is 11.4. The Morgan fingerprint density at radius 1 is 0.743 bits per heavy atom. The molecule has 0 saturated carbocycles. The van der Waals surface area contributed by atoms with E-state index in [1.54, 1.807) is 0 Å². The molecule has 0 saturated heterocycles. The summed E-state index contributed by atoms with van der Waals surface area (Å²) in [6, 6.07) is 0. The van der Waals surface area contributed by atoms with Gasteiger partial charge in [0.25, 0.3) is 0 Å². The fourth-order valence-electron chi connectivity index (χ4n) is 2.15. The van der Waals surface area contributed by atoms with Crippen LogP contribution in [0.4, 0.5) is 0 Å². The van der Waals surface area contributed by atoms with Crippen molar-refractivity contribution < 1.29 is 68.9 Å². The molecule has 206 valence electrons. The minimum Gasteiger partial charge on any atom is -0.550 e. The number of esters is 1. The first-order chi connectivity index (χ1) is 16.1. The molecule has 0 aromatic heterocycles. The van der Waals surface area contributed by atoms with Crippen molar-refractivity contribution in [2.24, 2.45) is 0 Å². The highest BCUT2D eigenvalue weighted by Crippen LogP contribution is 2.23. The van der Waals surface area contributed by atoms with Crippen molar-refractivity contribution in [2.75, 3.05) is 47.5 Å². The van der Waals surface area contributed by atoms with E-state index in [9.17, 15) is 29.1 Å². The molecule has 0 aliphatic rings. The summed E-state index contributed by atoms with van der Waals surface area (Å²) in [5.41, 5.74) is -2.63. The van der Waals surface area contributed by atoms with E-state index in [1.807, 2.05) is 0 Å². The van der Waals surface area contributed by atoms with E-state index in [2.05, 4.69) is 25.9 Å². The van der Waals surface area contributed by atoms with Gasteiger partial charge in [0.05, 0.1) is 40.6 Å². The number of carbonyl (C=O) groups is 5. The van der Waals surface area contributed by atoms with E-state index in [4.69, 9.17) is 30.6 Å². The molecular formula is C21H39NO13. The molecule has 0 aromatic rings. The Bertz CT molecular complexity index is 628. The summed E-state index contributed by atoms with van der Waals surface area (Å²) >= 11 is 0. The first kappa shape index (κ1) is 36.8. The van der Waals surface area contributed by atoms with Crippen LogP contribution in [0.5, 0.6) is 0 Å². The number of nitrogens with zero attached hydrogens (tertiary/aromatic N) is 1. The molecule has 6 N–H and O–H groups in total. The van der Waals surface area contributed by atoms with E-state index in [-0.39, 0.29) is 45.5 Å². The van der Waals surface area contributed by atoms with Crippen LogP contribution in [0.1, 0.15) is 51.4 Å². The number of carbonyl (C=O) groups excluding carboxylic acids is 2. The van der Waals surface area contributed by atoms with E-state index < -0.39 is 48.3 Å². The molecule has 0 aliphatic heterocycles. The number of hydrogen-bond acceptors (Lipinski definition) is 10. The summed E-state index contributed by atoms with van der Waals surface area (Å²) in [6.07, 6.45) is -0.929. The van der Waals surface area contributed by atoms with E-state index in [0.717, 1.165) is 11.0 Å². The normalized spacial score (nSPS) is 10.7. The Morgan fingerprint density at radius 2 is 1.17 bits per heavy atom. The van der Waals surface area contributed by atoms with Gasteiger partial charge in [-0.1, -0.05) is 0 Å². The number of likely N-dealkylation sites (N-methyl/N-ethyl adjacent to an activating group) is 1. The molecule has 0 aliphatic carbocycles. The number of quaternary nitrogens is 1. The van der Waals surface area contributed by atoms with Crippen molar-refractivity contribution in [1.82, 2.24) is 0 Å². The summed E-state index contributed by atoms with van der Waals surface area (Å²) in [6.45, 7) is 1.01. The smallest absolute Gasteiger partial charge is 0.349 e. The summed E-state index contributed by atoms with van der Waals surface area (Å²) in [4.78, 5) is 53.6. The number of carboxylic acids is 4. The summed E-state index contributed by atoms with van der Waals surface area (Å²) in [5, 5.41) is 61.1. The SMILES string of the molecule is C[N+](C)(C)CCO.O=C(O)CC(CC(=O)O)(OC(=O)CCCCO)C(=O)O.O=C([O-])CCCCO. The lowest BCUT2D eigenvalue weighted by Gasteiger charge is -2.26. The number of hydrogen-bond donors (Lipinski definition) is 6. The Balaban J connectivity index is -0.000000557. The lowest BCUT2D eigenvalue weighted by molar-refractivity contribution is -0.870. The van der Waals surface area contributed by atoms with Gasteiger partial charge in [0.15, 0.2) is 0 Å². The van der Waals surface area contributed by atoms with Crippen molar-refractivity contribution >= 4 is 29.8 Å². The third-order valence-corrected chi connectivity index (χ3v) is 3.92. The third kappa shape index (κ3) is 25.6. The highest BCUT2D eigenvalue weighted by Gasteiger charge is 2.47. The second-order valence-corrected chi connectivity index (χ2v) is 8.39. The maximum absolute atomic E-state index is 11.4. The van der Waals surface area contributed by atoms with Crippen LogP contribution in [0.25, 0.3) is 0 Å². The predicted molar refractivity (Wildman–Crippen MR) is 118 cm³/mol. The van der Waals surface area contributed by atoms with Crippen molar-refractivity contribution in [2.45, 2.75) is 57.0 Å². The Hall–Kier alpha value is -2.81. The monoisotopic (exact) mass is 513 g/mol. The highest BCUT2D eigenvalue weighted by molar-refractivity contribution is 5.90. The minimum absolute atomic E-state index is 0.0561. The van der Waals surface area contributed by atoms with Crippen LogP contribution in [0, 0.1) is 0 Å².